The van der Waals surface area contributed by atoms with E-state index in [1.165, 1.54) is 0 Å². The Morgan fingerprint density at radius 3 is 2.57 bits per heavy atom. The lowest BCUT2D eigenvalue weighted by molar-refractivity contribution is 0.414. The minimum atomic E-state index is -0.586. The molecule has 0 saturated carbocycles. The fourth-order valence-electron chi connectivity index (χ4n) is 1.92. The van der Waals surface area contributed by atoms with E-state index in [2.05, 4.69) is 9.46 Å². The minimum Gasteiger partial charge on any atom is -0.497 e. The lowest BCUT2D eigenvalue weighted by Gasteiger charge is -2.08. The van der Waals surface area contributed by atoms with Crippen LogP contribution in [-0.4, -0.2) is 16.9 Å². The van der Waals surface area contributed by atoms with Crippen molar-refractivity contribution < 1.29 is 4.74 Å². The molecule has 1 atom stereocenters. The summed E-state index contributed by atoms with van der Waals surface area (Å²) in [5.41, 5.74) is 1.79. The van der Waals surface area contributed by atoms with Gasteiger partial charge in [-0.05, 0) is 41.9 Å². The molecule has 1 aromatic heterocycles. The van der Waals surface area contributed by atoms with Crippen molar-refractivity contribution in [2.45, 2.75) is 17.6 Å². The number of aromatic nitrogens is 2. The third-order valence-electron chi connectivity index (χ3n) is 3.03. The molecule has 0 aliphatic rings. The van der Waals surface area contributed by atoms with E-state index >= 15 is 0 Å². The predicted octanol–water partition coefficient (Wildman–Crippen LogP) is 3.23. The van der Waals surface area contributed by atoms with Crippen LogP contribution in [0.25, 0.3) is 0 Å². The highest BCUT2D eigenvalue weighted by Crippen LogP contribution is 2.24. The molecule has 0 radical (unpaired) electrons. The van der Waals surface area contributed by atoms with Gasteiger partial charge in [0.2, 0.25) is 6.19 Å². The summed E-state index contributed by atoms with van der Waals surface area (Å²) in [6, 6.07) is 7.56. The van der Waals surface area contributed by atoms with Crippen LogP contribution in [0.4, 0.5) is 0 Å². The van der Waals surface area contributed by atoms with Gasteiger partial charge in [0.15, 0.2) is 0 Å². The zero-order valence-corrected chi connectivity index (χ0v) is 13.6. The van der Waals surface area contributed by atoms with Crippen molar-refractivity contribution in [3.63, 3.8) is 0 Å². The second kappa shape index (κ2) is 6.74. The maximum atomic E-state index is 8.93. The molecule has 0 aliphatic heterocycles. The number of rotatable bonds is 4. The second-order valence-electron chi connectivity index (χ2n) is 4.35. The molecule has 2 rings (SSSR count). The first-order chi connectivity index (χ1) is 10.1. The van der Waals surface area contributed by atoms with Crippen LogP contribution in [0, 0.1) is 18.4 Å². The van der Waals surface area contributed by atoms with Crippen molar-refractivity contribution in [2.75, 3.05) is 7.11 Å². The summed E-state index contributed by atoms with van der Waals surface area (Å²) in [6.45, 7) is 1.91. The average Bonchev–Trinajstić information content (AvgIpc) is 2.73. The number of hydrogen-bond donors (Lipinski definition) is 0. The van der Waals surface area contributed by atoms with E-state index < -0.39 is 10.7 Å². The summed E-state index contributed by atoms with van der Waals surface area (Å²) in [5, 5.41) is 13.8. The molecule has 0 bridgehead atoms. The Morgan fingerprint density at radius 2 is 2.10 bits per heavy atom. The van der Waals surface area contributed by atoms with Crippen LogP contribution >= 0.6 is 11.6 Å². The van der Waals surface area contributed by atoms with Crippen molar-refractivity contribution >= 4 is 22.3 Å². The van der Waals surface area contributed by atoms with E-state index in [-0.39, 0.29) is 0 Å². The van der Waals surface area contributed by atoms with Crippen LogP contribution in [0.2, 0.25) is 5.15 Å². The number of nitriles is 1. The van der Waals surface area contributed by atoms with Gasteiger partial charge in [0.05, 0.1) is 12.8 Å². The van der Waals surface area contributed by atoms with Gasteiger partial charge in [-0.3, -0.25) is 4.68 Å². The number of hydrogen-bond acceptors (Lipinski definition) is 4. The van der Waals surface area contributed by atoms with Crippen LogP contribution in [0.5, 0.6) is 5.75 Å². The van der Waals surface area contributed by atoms with Crippen molar-refractivity contribution in [1.29, 1.82) is 5.26 Å². The van der Waals surface area contributed by atoms with E-state index in [0.717, 1.165) is 21.9 Å². The molecule has 1 heterocycles. The number of halogens is 1. The van der Waals surface area contributed by atoms with Gasteiger partial charge >= 0.3 is 0 Å². The molecule has 0 fully saturated rings. The van der Waals surface area contributed by atoms with Crippen molar-refractivity contribution in [2.24, 2.45) is 11.4 Å². The molecule has 0 amide bonds. The topological polar surface area (TPSA) is 63.2 Å². The van der Waals surface area contributed by atoms with Crippen LogP contribution < -0.4 is 4.74 Å². The van der Waals surface area contributed by atoms with Gasteiger partial charge < -0.3 is 4.74 Å². The second-order valence-corrected chi connectivity index (χ2v) is 6.38. The van der Waals surface area contributed by atoms with E-state index in [1.54, 1.807) is 18.8 Å². The number of ether oxygens (including phenoxy) is 1. The Hall–Kier alpha value is -1.84. The third kappa shape index (κ3) is 3.43. The van der Waals surface area contributed by atoms with Crippen LogP contribution in [0.1, 0.15) is 11.3 Å². The largest absolute Gasteiger partial charge is 0.497 e. The molecule has 1 unspecified atom stereocenters. The first-order valence-electron chi connectivity index (χ1n) is 6.19. The summed E-state index contributed by atoms with van der Waals surface area (Å²) in [6.07, 6.45) is 1.90. The molecule has 0 spiro atoms. The van der Waals surface area contributed by atoms with Crippen molar-refractivity contribution in [3.8, 4) is 11.9 Å². The maximum absolute atomic E-state index is 8.93. The minimum absolute atomic E-state index is 0.568. The highest BCUT2D eigenvalue weighted by atomic mass is 35.5. The third-order valence-corrected chi connectivity index (χ3v) is 5.19. The lowest BCUT2D eigenvalue weighted by Crippen LogP contribution is -1.98. The SMILES string of the molecule is COc1ccc(S(Cc2c(C)nn(C)c2Cl)=NC#N)cc1. The van der Waals surface area contributed by atoms with Gasteiger partial charge in [-0.15, -0.1) is 4.36 Å². The summed E-state index contributed by atoms with van der Waals surface area (Å²) in [5.74, 6) is 1.34. The highest BCUT2D eigenvalue weighted by Gasteiger charge is 2.14. The van der Waals surface area contributed by atoms with Crippen LogP contribution in [-0.2, 0) is 23.5 Å². The number of methoxy groups -OCH3 is 1. The van der Waals surface area contributed by atoms with Crippen molar-refractivity contribution in [3.05, 3.63) is 40.7 Å². The molecule has 5 nitrogen and oxygen atoms in total. The molecule has 0 saturated heterocycles. The lowest BCUT2D eigenvalue weighted by atomic mass is 10.3. The molecular formula is C14H15ClN4OS. The highest BCUT2D eigenvalue weighted by molar-refractivity contribution is 7.86. The molecule has 7 heteroatoms. The van der Waals surface area contributed by atoms with Crippen LogP contribution in [0.3, 0.4) is 0 Å². The fourth-order valence-corrected chi connectivity index (χ4v) is 3.75. The first kappa shape index (κ1) is 15.5. The predicted molar refractivity (Wildman–Crippen MR) is 83.3 cm³/mol. The van der Waals surface area contributed by atoms with Gasteiger partial charge in [-0.25, -0.2) is 0 Å². The zero-order valence-electron chi connectivity index (χ0n) is 12.0. The van der Waals surface area contributed by atoms with Gasteiger partial charge in [-0.2, -0.15) is 10.4 Å². The fraction of sp³-hybridized carbons (Fsp3) is 0.286. The molecular weight excluding hydrogens is 308 g/mol. The Kier molecular flexibility index (Phi) is 4.99. The molecule has 2 aromatic rings. The zero-order chi connectivity index (χ0) is 15.4. The Labute approximate surface area is 131 Å². The van der Waals surface area contributed by atoms with E-state index in [4.69, 9.17) is 21.6 Å². The molecule has 0 N–H and O–H groups in total. The average molecular weight is 323 g/mol. The van der Waals surface area contributed by atoms with E-state index in [9.17, 15) is 0 Å². The summed E-state index contributed by atoms with van der Waals surface area (Å²) >= 11 is 6.25. The number of nitrogens with zero attached hydrogens (tertiary/aromatic N) is 4. The summed E-state index contributed by atoms with van der Waals surface area (Å²) in [7, 11) is 2.83. The van der Waals surface area contributed by atoms with Gasteiger partial charge in [-0.1, -0.05) is 11.6 Å². The first-order valence-corrected chi connectivity index (χ1v) is 7.92. The number of aryl methyl sites for hydroxylation is 2. The normalized spacial score (nSPS) is 12.1. The van der Waals surface area contributed by atoms with E-state index in [0.29, 0.717) is 10.9 Å². The number of benzene rings is 1. The standard InChI is InChI=1S/C14H15ClN4OS/c1-10-13(14(15)19(2)18-10)8-21(17-9-16)12-6-4-11(20-3)5-7-12/h4-7H,8H2,1-3H3. The Morgan fingerprint density at radius 1 is 1.43 bits per heavy atom. The molecule has 0 aliphatic carbocycles. The monoisotopic (exact) mass is 322 g/mol. The van der Waals surface area contributed by atoms with Gasteiger partial charge in [0.1, 0.15) is 10.9 Å². The van der Waals surface area contributed by atoms with Crippen molar-refractivity contribution in [1.82, 2.24) is 9.78 Å². The van der Waals surface area contributed by atoms with Gasteiger partial charge in [0.25, 0.3) is 0 Å². The summed E-state index contributed by atoms with van der Waals surface area (Å²) in [4.78, 5) is 0.969. The maximum Gasteiger partial charge on any atom is 0.212 e. The van der Waals surface area contributed by atoms with Crippen LogP contribution in [0.15, 0.2) is 33.5 Å². The summed E-state index contributed by atoms with van der Waals surface area (Å²) < 4.78 is 10.8. The quantitative estimate of drug-likeness (QED) is 0.812. The molecule has 110 valence electrons. The molecule has 21 heavy (non-hydrogen) atoms. The Balaban J connectivity index is 2.36. The van der Waals surface area contributed by atoms with E-state index in [1.807, 2.05) is 37.4 Å². The smallest absolute Gasteiger partial charge is 0.212 e. The Bertz CT molecular complexity index is 716. The van der Waals surface area contributed by atoms with Gasteiger partial charge in [0, 0.05) is 23.3 Å². The molecule has 1 aromatic carbocycles.